The number of hydrogen-bond donors (Lipinski definition) is 3. The molecule has 16 heteroatoms. The number of benzene rings is 4. The number of carbonyl (C=O) groups excluding carboxylic acids is 3. The Hall–Kier alpha value is -5.67. The molecule has 4 saturated heterocycles. The van der Waals surface area contributed by atoms with Crippen LogP contribution in [0.15, 0.2) is 84.9 Å². The Bertz CT molecular complexity index is 2360. The summed E-state index contributed by atoms with van der Waals surface area (Å²) in [4.78, 5) is 46.6. The first kappa shape index (κ1) is 46.3. The van der Waals surface area contributed by atoms with E-state index < -0.39 is 6.03 Å². The molecular weight excluding hydrogens is 863 g/mol. The fourth-order valence-electron chi connectivity index (χ4n) is 9.19. The lowest BCUT2D eigenvalue weighted by atomic mass is 10.1. The molecule has 4 aromatic carbocycles. The van der Waals surface area contributed by atoms with Crippen LogP contribution in [0.5, 0.6) is 11.5 Å². The standard InChI is InChI=1S/C25H28ClFN4O3.C23H25ClFN3O2/c1-28-25(33)29-22-12-21(26)23(34-2)11-17(22)5-10-24(32)31-19-8-9-20(31)15-30(14-19)13-16-3-6-18(27)7-4-16;1-30-22-10-16(21(26)11-20(22)24)4-9-23(29)28-18-7-8-19(28)14-27(13-18)12-15-2-5-17(25)6-3-15/h3-7,10-12,19-20H,8-9,13-15H2,1-2H3,(H2,28,29,33);2-6,9-11,18-19H,7-8,12-14,26H2,1H3/b10-5+;9-4+. The van der Waals surface area contributed by atoms with Crippen LogP contribution >= 0.6 is 23.2 Å². The number of anilines is 2. The number of rotatable bonds is 11. The summed E-state index contributed by atoms with van der Waals surface area (Å²) in [6.45, 7) is 4.72. The number of nitrogens with one attached hydrogen (secondary N) is 2. The smallest absolute Gasteiger partial charge is 0.318 e. The Morgan fingerprint density at radius 2 is 1.08 bits per heavy atom. The zero-order chi connectivity index (χ0) is 45.5. The van der Waals surface area contributed by atoms with E-state index in [4.69, 9.17) is 38.4 Å². The third kappa shape index (κ3) is 11.2. The fraction of sp³-hybridized carbons (Fsp3) is 0.354. The summed E-state index contributed by atoms with van der Waals surface area (Å²) in [6, 6.07) is 20.1. The van der Waals surface area contributed by atoms with Crippen molar-refractivity contribution >= 4 is 64.6 Å². The largest absolute Gasteiger partial charge is 0.495 e. The van der Waals surface area contributed by atoms with Gasteiger partial charge in [0.05, 0.1) is 30.0 Å². The van der Waals surface area contributed by atoms with Gasteiger partial charge in [0.15, 0.2) is 0 Å². The van der Waals surface area contributed by atoms with Crippen molar-refractivity contribution in [3.05, 3.63) is 129 Å². The van der Waals surface area contributed by atoms with Crippen LogP contribution in [0.1, 0.15) is 47.9 Å². The predicted octanol–water partition coefficient (Wildman–Crippen LogP) is 8.09. The molecule has 4 heterocycles. The number of likely N-dealkylation sites (tertiary alicyclic amines) is 2. The van der Waals surface area contributed by atoms with Gasteiger partial charge in [-0.05, 0) is 97.5 Å². The van der Waals surface area contributed by atoms with Crippen molar-refractivity contribution in [2.75, 3.05) is 58.5 Å². The predicted molar refractivity (Wildman–Crippen MR) is 247 cm³/mol. The average Bonchev–Trinajstić information content (AvgIpc) is 3.72. The first-order chi connectivity index (χ1) is 30.8. The summed E-state index contributed by atoms with van der Waals surface area (Å²) in [5.74, 6) is 0.446. The Balaban J connectivity index is 0.000000193. The highest BCUT2D eigenvalue weighted by atomic mass is 35.5. The van der Waals surface area contributed by atoms with Gasteiger partial charge in [0.2, 0.25) is 11.8 Å². The second-order valence-electron chi connectivity index (χ2n) is 16.5. The Labute approximate surface area is 382 Å². The molecule has 0 saturated carbocycles. The molecule has 4 unspecified atom stereocenters. The first-order valence-electron chi connectivity index (χ1n) is 21.3. The molecule has 0 radical (unpaired) electrons. The van der Waals surface area contributed by atoms with Gasteiger partial charge in [0.25, 0.3) is 0 Å². The summed E-state index contributed by atoms with van der Waals surface area (Å²) in [6.07, 6.45) is 10.4. The van der Waals surface area contributed by atoms with Crippen LogP contribution in [0.3, 0.4) is 0 Å². The molecule has 338 valence electrons. The molecule has 4 bridgehead atoms. The molecule has 4 aliphatic heterocycles. The van der Waals surface area contributed by atoms with E-state index >= 15 is 0 Å². The number of amides is 4. The molecular formula is C48H53Cl2F2N7O5. The number of nitrogen functional groups attached to an aromatic ring is 1. The van der Waals surface area contributed by atoms with Gasteiger partial charge in [-0.15, -0.1) is 0 Å². The van der Waals surface area contributed by atoms with E-state index in [-0.39, 0.29) is 47.6 Å². The van der Waals surface area contributed by atoms with E-state index in [1.165, 1.54) is 38.4 Å². The van der Waals surface area contributed by atoms with Gasteiger partial charge in [0.1, 0.15) is 23.1 Å². The molecule has 0 spiro atoms. The van der Waals surface area contributed by atoms with Crippen LogP contribution in [0, 0.1) is 11.6 Å². The molecule has 0 aromatic heterocycles. The first-order valence-corrected chi connectivity index (χ1v) is 22.0. The van der Waals surface area contributed by atoms with Gasteiger partial charge in [-0.1, -0.05) is 47.5 Å². The quantitative estimate of drug-likeness (QED) is 0.102. The molecule has 12 nitrogen and oxygen atoms in total. The molecule has 4 atom stereocenters. The number of ether oxygens (including phenoxy) is 2. The van der Waals surface area contributed by atoms with Crippen molar-refractivity contribution in [2.24, 2.45) is 0 Å². The van der Waals surface area contributed by atoms with Crippen LogP contribution in [0.4, 0.5) is 25.0 Å². The van der Waals surface area contributed by atoms with Gasteiger partial charge in [-0.3, -0.25) is 19.4 Å². The van der Waals surface area contributed by atoms with Gasteiger partial charge in [0, 0.05) is 99.4 Å². The van der Waals surface area contributed by atoms with E-state index in [9.17, 15) is 23.2 Å². The Morgan fingerprint density at radius 3 is 1.50 bits per heavy atom. The zero-order valence-electron chi connectivity index (χ0n) is 36.0. The van der Waals surface area contributed by atoms with Gasteiger partial charge < -0.3 is 35.6 Å². The van der Waals surface area contributed by atoms with Crippen molar-refractivity contribution in [1.82, 2.24) is 24.9 Å². The highest BCUT2D eigenvalue weighted by Crippen LogP contribution is 2.35. The molecule has 4 N–H and O–H groups in total. The summed E-state index contributed by atoms with van der Waals surface area (Å²) in [5.41, 5.74) is 10.5. The van der Waals surface area contributed by atoms with Crippen LogP contribution in [-0.2, 0) is 22.7 Å². The lowest BCUT2D eigenvalue weighted by molar-refractivity contribution is -0.132. The maximum atomic E-state index is 13.2. The number of nitrogens with two attached hydrogens (primary N) is 1. The summed E-state index contributed by atoms with van der Waals surface area (Å²) < 4.78 is 36.9. The molecule has 4 fully saturated rings. The van der Waals surface area contributed by atoms with E-state index in [0.29, 0.717) is 44.0 Å². The van der Waals surface area contributed by atoms with Crippen molar-refractivity contribution in [3.8, 4) is 11.5 Å². The summed E-state index contributed by atoms with van der Waals surface area (Å²) in [7, 11) is 4.57. The van der Waals surface area contributed by atoms with E-state index in [1.54, 1.807) is 55.7 Å². The highest BCUT2D eigenvalue weighted by molar-refractivity contribution is 6.32. The van der Waals surface area contributed by atoms with E-state index in [2.05, 4.69) is 20.4 Å². The average molecular weight is 917 g/mol. The summed E-state index contributed by atoms with van der Waals surface area (Å²) in [5, 5.41) is 6.02. The molecule has 0 aliphatic carbocycles. The highest BCUT2D eigenvalue weighted by Gasteiger charge is 2.43. The number of halogens is 4. The van der Waals surface area contributed by atoms with Gasteiger partial charge in [-0.25, -0.2) is 13.6 Å². The van der Waals surface area contributed by atoms with Crippen molar-refractivity contribution in [2.45, 2.75) is 62.9 Å². The summed E-state index contributed by atoms with van der Waals surface area (Å²) >= 11 is 12.3. The Kier molecular flexibility index (Phi) is 15.1. The normalized spacial score (nSPS) is 20.6. The second-order valence-corrected chi connectivity index (χ2v) is 17.3. The lowest BCUT2D eigenvalue weighted by Gasteiger charge is -2.40. The number of nitrogens with zero attached hydrogens (tertiary/aromatic N) is 4. The second kappa shape index (κ2) is 20.9. The van der Waals surface area contributed by atoms with Crippen molar-refractivity contribution in [3.63, 3.8) is 0 Å². The third-order valence-corrected chi connectivity index (χ3v) is 12.8. The number of urea groups is 1. The zero-order valence-corrected chi connectivity index (χ0v) is 37.5. The van der Waals surface area contributed by atoms with E-state index in [0.717, 1.165) is 76.1 Å². The minimum atomic E-state index is -0.391. The third-order valence-electron chi connectivity index (χ3n) is 12.2. The SMILES string of the molecule is CNC(=O)Nc1cc(Cl)c(OC)cc1/C=C/C(=O)N1C2CCC1CN(Cc1ccc(F)cc1)C2.COc1cc(/C=C/C(=O)N2C3CCC2CN(Cc2ccc(F)cc2)C3)c(N)cc1Cl. The molecule has 4 amide bonds. The topological polar surface area (TPSA) is 133 Å². The molecule has 64 heavy (non-hydrogen) atoms. The number of hydrogen-bond acceptors (Lipinski definition) is 8. The number of fused-ring (bicyclic) bond motifs is 4. The molecule has 4 aliphatic rings. The molecule has 8 rings (SSSR count). The maximum Gasteiger partial charge on any atom is 0.318 e. The van der Waals surface area contributed by atoms with Crippen molar-refractivity contribution < 1.29 is 32.6 Å². The van der Waals surface area contributed by atoms with Gasteiger partial charge in [-0.2, -0.15) is 0 Å². The Morgan fingerprint density at radius 1 is 0.672 bits per heavy atom. The van der Waals surface area contributed by atoms with Crippen LogP contribution in [0.25, 0.3) is 12.2 Å². The van der Waals surface area contributed by atoms with Gasteiger partial charge >= 0.3 is 6.03 Å². The number of methoxy groups -OCH3 is 2. The maximum absolute atomic E-state index is 13.2. The molecule has 4 aromatic rings. The minimum absolute atomic E-state index is 0.00255. The van der Waals surface area contributed by atoms with Crippen molar-refractivity contribution in [1.29, 1.82) is 0 Å². The van der Waals surface area contributed by atoms with Crippen LogP contribution in [0.2, 0.25) is 10.0 Å². The lowest BCUT2D eigenvalue weighted by Crippen LogP contribution is -2.55. The van der Waals surface area contributed by atoms with Crippen LogP contribution in [-0.4, -0.2) is 109 Å². The number of carbonyl (C=O) groups is 3. The monoisotopic (exact) mass is 915 g/mol. The fourth-order valence-corrected chi connectivity index (χ4v) is 9.68. The minimum Gasteiger partial charge on any atom is -0.495 e. The van der Waals surface area contributed by atoms with E-state index in [1.807, 2.05) is 34.1 Å². The number of piperazine rings is 2. The van der Waals surface area contributed by atoms with Crippen LogP contribution < -0.4 is 25.8 Å².